The van der Waals surface area contributed by atoms with Crippen LogP contribution < -0.4 is 5.32 Å². The average Bonchev–Trinajstić information content (AvgIpc) is 2.93. The number of hydrogen-bond acceptors (Lipinski definition) is 2. The summed E-state index contributed by atoms with van der Waals surface area (Å²) in [6.45, 7) is 3.58. The number of rotatable bonds is 6. The monoisotopic (exact) mass is 213 g/mol. The Balaban J connectivity index is 2.28. The van der Waals surface area contributed by atoms with Gasteiger partial charge in [-0.15, -0.1) is 0 Å². The van der Waals surface area contributed by atoms with Crippen molar-refractivity contribution in [3.8, 4) is 0 Å². The van der Waals surface area contributed by atoms with Crippen molar-refractivity contribution >= 4 is 11.9 Å². The molecule has 0 bridgehead atoms. The largest absolute Gasteiger partial charge is 0.480 e. The molecule has 0 unspecified atom stereocenters. The van der Waals surface area contributed by atoms with E-state index in [4.69, 9.17) is 5.11 Å². The molecule has 1 aliphatic carbocycles. The summed E-state index contributed by atoms with van der Waals surface area (Å²) in [5.74, 6) is -0.460. The maximum absolute atomic E-state index is 11.4. The molecule has 1 rings (SSSR count). The van der Waals surface area contributed by atoms with Crippen LogP contribution in [0.3, 0.4) is 0 Å². The Kier molecular flexibility index (Phi) is 4.12. The van der Waals surface area contributed by atoms with Crippen LogP contribution in [-0.4, -0.2) is 23.0 Å². The van der Waals surface area contributed by atoms with Gasteiger partial charge in [0.25, 0.3) is 0 Å². The Hall–Kier alpha value is -1.06. The van der Waals surface area contributed by atoms with Crippen molar-refractivity contribution in [1.82, 2.24) is 5.32 Å². The summed E-state index contributed by atoms with van der Waals surface area (Å²) in [7, 11) is 0. The average molecular weight is 213 g/mol. The molecule has 86 valence electrons. The Bertz CT molecular complexity index is 246. The lowest BCUT2D eigenvalue weighted by molar-refractivity contribution is -0.143. The van der Waals surface area contributed by atoms with Gasteiger partial charge >= 0.3 is 5.97 Å². The zero-order valence-corrected chi connectivity index (χ0v) is 9.32. The lowest BCUT2D eigenvalue weighted by Crippen LogP contribution is -2.44. The zero-order valence-electron chi connectivity index (χ0n) is 9.32. The van der Waals surface area contributed by atoms with Crippen molar-refractivity contribution in [2.45, 2.75) is 45.6 Å². The molecule has 0 radical (unpaired) electrons. The molecule has 0 spiro atoms. The summed E-state index contributed by atoms with van der Waals surface area (Å²) in [4.78, 5) is 22.2. The first kappa shape index (κ1) is 12.0. The first-order valence-electron chi connectivity index (χ1n) is 5.53. The molecule has 4 nitrogen and oxygen atoms in total. The van der Waals surface area contributed by atoms with E-state index in [-0.39, 0.29) is 11.8 Å². The van der Waals surface area contributed by atoms with Gasteiger partial charge < -0.3 is 10.4 Å². The van der Waals surface area contributed by atoms with Crippen LogP contribution in [0.25, 0.3) is 0 Å². The maximum atomic E-state index is 11.4. The molecule has 0 saturated heterocycles. The number of carbonyl (C=O) groups excluding carboxylic acids is 1. The first-order valence-corrected chi connectivity index (χ1v) is 5.53. The first-order chi connectivity index (χ1) is 7.00. The second-order valence-corrected chi connectivity index (χ2v) is 4.61. The van der Waals surface area contributed by atoms with Crippen molar-refractivity contribution in [1.29, 1.82) is 0 Å². The molecule has 1 fully saturated rings. The minimum absolute atomic E-state index is 0.0765. The van der Waals surface area contributed by atoms with E-state index in [9.17, 15) is 9.59 Å². The van der Waals surface area contributed by atoms with E-state index in [0.29, 0.717) is 12.3 Å². The van der Waals surface area contributed by atoms with Gasteiger partial charge in [0.1, 0.15) is 6.04 Å². The number of carboxylic acids is 1. The fourth-order valence-corrected chi connectivity index (χ4v) is 1.50. The molecular weight excluding hydrogens is 194 g/mol. The van der Waals surface area contributed by atoms with Crippen LogP contribution in [-0.2, 0) is 9.59 Å². The molecule has 0 aliphatic heterocycles. The number of hydrogen-bond donors (Lipinski definition) is 2. The second-order valence-electron chi connectivity index (χ2n) is 4.61. The highest BCUT2D eigenvalue weighted by atomic mass is 16.4. The van der Waals surface area contributed by atoms with Crippen molar-refractivity contribution in [2.75, 3.05) is 0 Å². The number of aliphatic carboxylic acids is 1. The third-order valence-corrected chi connectivity index (χ3v) is 2.73. The molecule has 1 atom stereocenters. The maximum Gasteiger partial charge on any atom is 0.326 e. The van der Waals surface area contributed by atoms with E-state index in [1.165, 1.54) is 12.8 Å². The Morgan fingerprint density at radius 3 is 2.40 bits per heavy atom. The number of nitrogens with one attached hydrogen (secondary N) is 1. The molecule has 0 heterocycles. The number of amides is 1. The van der Waals surface area contributed by atoms with Crippen LogP contribution in [0.15, 0.2) is 0 Å². The topological polar surface area (TPSA) is 66.4 Å². The molecule has 1 saturated carbocycles. The van der Waals surface area contributed by atoms with Crippen LogP contribution in [0.4, 0.5) is 0 Å². The summed E-state index contributed by atoms with van der Waals surface area (Å²) in [5.41, 5.74) is 0. The summed E-state index contributed by atoms with van der Waals surface area (Å²) < 4.78 is 0. The Labute approximate surface area is 90.0 Å². The van der Waals surface area contributed by atoms with Crippen LogP contribution in [0, 0.1) is 11.8 Å². The van der Waals surface area contributed by atoms with Crippen molar-refractivity contribution in [3.05, 3.63) is 0 Å². The number of carboxylic acid groups (broad SMARTS) is 1. The third-order valence-electron chi connectivity index (χ3n) is 2.73. The fraction of sp³-hybridized carbons (Fsp3) is 0.818. The van der Waals surface area contributed by atoms with Crippen molar-refractivity contribution < 1.29 is 14.7 Å². The van der Waals surface area contributed by atoms with Crippen molar-refractivity contribution in [3.63, 3.8) is 0 Å². The van der Waals surface area contributed by atoms with E-state index < -0.39 is 12.0 Å². The lowest BCUT2D eigenvalue weighted by atomic mass is 10.0. The normalized spacial score (nSPS) is 17.5. The van der Waals surface area contributed by atoms with Crippen LogP contribution in [0.1, 0.15) is 39.5 Å². The minimum atomic E-state index is -0.954. The van der Waals surface area contributed by atoms with Gasteiger partial charge in [0.05, 0.1) is 0 Å². The minimum Gasteiger partial charge on any atom is -0.480 e. The summed E-state index contributed by atoms with van der Waals surface area (Å²) in [5, 5.41) is 11.4. The Morgan fingerprint density at radius 2 is 2.00 bits per heavy atom. The van der Waals surface area contributed by atoms with Gasteiger partial charge in [0, 0.05) is 6.42 Å². The molecule has 1 aliphatic rings. The second kappa shape index (κ2) is 5.14. The van der Waals surface area contributed by atoms with Gasteiger partial charge in [-0.2, -0.15) is 0 Å². The smallest absolute Gasteiger partial charge is 0.326 e. The summed E-state index contributed by atoms with van der Waals surface area (Å²) in [6, 6.07) is -0.753. The van der Waals surface area contributed by atoms with Gasteiger partial charge in [-0.1, -0.05) is 26.7 Å². The lowest BCUT2D eigenvalue weighted by Gasteiger charge is -2.17. The summed E-state index contributed by atoms with van der Waals surface area (Å²) in [6.07, 6.45) is 3.80. The molecule has 0 aromatic rings. The van der Waals surface area contributed by atoms with E-state index in [2.05, 4.69) is 5.32 Å². The van der Waals surface area contributed by atoms with Crippen LogP contribution in [0.5, 0.6) is 0 Å². The van der Waals surface area contributed by atoms with Crippen LogP contribution in [0.2, 0.25) is 0 Å². The third kappa shape index (κ3) is 4.32. The predicted octanol–water partition coefficient (Wildman–Crippen LogP) is 1.40. The highest BCUT2D eigenvalue weighted by molar-refractivity contribution is 5.83. The molecule has 4 heteroatoms. The number of carbonyl (C=O) groups is 2. The molecule has 1 amide bonds. The van der Waals surface area contributed by atoms with Gasteiger partial charge in [0.15, 0.2) is 0 Å². The molecule has 15 heavy (non-hydrogen) atoms. The standard InChI is InChI=1S/C11H19NO3/c1-7(2)10(11(14)15)12-9(13)6-5-8-3-4-8/h7-8,10H,3-6H2,1-2H3,(H,12,13)(H,14,15)/t10-/m1/s1. The van der Waals surface area contributed by atoms with Gasteiger partial charge in [0.2, 0.25) is 5.91 Å². The highest BCUT2D eigenvalue weighted by Crippen LogP contribution is 2.33. The molecule has 0 aromatic heterocycles. The Morgan fingerprint density at radius 1 is 1.40 bits per heavy atom. The predicted molar refractivity (Wildman–Crippen MR) is 56.4 cm³/mol. The van der Waals surface area contributed by atoms with Gasteiger partial charge in [-0.25, -0.2) is 4.79 Å². The van der Waals surface area contributed by atoms with Crippen molar-refractivity contribution in [2.24, 2.45) is 11.8 Å². The van der Waals surface area contributed by atoms with Gasteiger partial charge in [-0.05, 0) is 18.3 Å². The quantitative estimate of drug-likeness (QED) is 0.701. The summed E-state index contributed by atoms with van der Waals surface area (Å²) >= 11 is 0. The van der Waals surface area contributed by atoms with E-state index in [1.807, 2.05) is 0 Å². The molecular formula is C11H19NO3. The van der Waals surface area contributed by atoms with E-state index in [1.54, 1.807) is 13.8 Å². The zero-order chi connectivity index (χ0) is 11.4. The highest BCUT2D eigenvalue weighted by Gasteiger charge is 2.25. The van der Waals surface area contributed by atoms with Gasteiger partial charge in [-0.3, -0.25) is 4.79 Å². The van der Waals surface area contributed by atoms with E-state index in [0.717, 1.165) is 6.42 Å². The SMILES string of the molecule is CC(C)[C@@H](NC(=O)CCC1CC1)C(=O)O. The fourth-order valence-electron chi connectivity index (χ4n) is 1.50. The van der Waals surface area contributed by atoms with E-state index >= 15 is 0 Å². The molecule has 2 N–H and O–H groups in total. The van der Waals surface area contributed by atoms with Crippen LogP contribution >= 0.6 is 0 Å². The molecule has 0 aromatic carbocycles.